The Morgan fingerprint density at radius 2 is 2.14 bits per heavy atom. The monoisotopic (exact) mass is 224 g/mol. The minimum Gasteiger partial charge on any atom is -0.306 e. The first kappa shape index (κ1) is 11.3. The number of nitrogens with zero attached hydrogens (tertiary/aromatic N) is 1. The lowest BCUT2D eigenvalue weighted by atomic mass is 10.1. The Balaban J connectivity index is 3.01. The van der Waals surface area contributed by atoms with E-state index in [1.807, 2.05) is 0 Å². The van der Waals surface area contributed by atoms with Crippen LogP contribution in [0.1, 0.15) is 11.6 Å². The fourth-order valence-corrected chi connectivity index (χ4v) is 1.30. The number of rotatable bonds is 2. The molecule has 78 valence electrons. The van der Waals surface area contributed by atoms with E-state index in [-0.39, 0.29) is 10.7 Å². The Bertz CT molecular complexity index is 314. The van der Waals surface area contributed by atoms with E-state index >= 15 is 0 Å². The summed E-state index contributed by atoms with van der Waals surface area (Å²) >= 11 is 5.49. The van der Waals surface area contributed by atoms with E-state index in [0.29, 0.717) is 0 Å². The minimum atomic E-state index is -4.33. The van der Waals surface area contributed by atoms with Gasteiger partial charge in [-0.05, 0) is 24.7 Å². The summed E-state index contributed by atoms with van der Waals surface area (Å²) in [5, 5.41) is 2.22. The molecule has 0 aliphatic carbocycles. The standard InChI is InChI=1S/C8H8ClF3N2/c1-13-7(8(10,11)12)5-2-3-14-6(9)4-5/h2-4,7,13H,1H3. The molecular weight excluding hydrogens is 217 g/mol. The van der Waals surface area contributed by atoms with Gasteiger partial charge >= 0.3 is 6.18 Å². The molecule has 0 saturated heterocycles. The summed E-state index contributed by atoms with van der Waals surface area (Å²) in [5.74, 6) is 0. The van der Waals surface area contributed by atoms with Crippen LogP contribution in [-0.2, 0) is 0 Å². The number of hydrogen-bond donors (Lipinski definition) is 1. The Hall–Kier alpha value is -0.810. The molecule has 0 saturated carbocycles. The molecule has 1 unspecified atom stereocenters. The van der Waals surface area contributed by atoms with Crippen molar-refractivity contribution >= 4 is 11.6 Å². The third kappa shape index (κ3) is 2.59. The lowest BCUT2D eigenvalue weighted by Crippen LogP contribution is -2.31. The van der Waals surface area contributed by atoms with Gasteiger partial charge in [-0.2, -0.15) is 13.2 Å². The third-order valence-electron chi connectivity index (χ3n) is 1.70. The van der Waals surface area contributed by atoms with Gasteiger partial charge in [-0.1, -0.05) is 11.6 Å². The zero-order chi connectivity index (χ0) is 10.8. The van der Waals surface area contributed by atoms with Gasteiger partial charge in [-0.15, -0.1) is 0 Å². The van der Waals surface area contributed by atoms with Crippen LogP contribution in [0.3, 0.4) is 0 Å². The van der Waals surface area contributed by atoms with Crippen molar-refractivity contribution in [1.82, 2.24) is 10.3 Å². The second kappa shape index (κ2) is 4.14. The summed E-state index contributed by atoms with van der Waals surface area (Å²) in [7, 11) is 1.24. The van der Waals surface area contributed by atoms with Crippen LogP contribution in [0.25, 0.3) is 0 Å². The van der Waals surface area contributed by atoms with E-state index < -0.39 is 12.2 Å². The van der Waals surface area contributed by atoms with Crippen molar-refractivity contribution in [3.05, 3.63) is 29.0 Å². The quantitative estimate of drug-likeness (QED) is 0.781. The summed E-state index contributed by atoms with van der Waals surface area (Å²) in [6, 6.07) is 0.763. The molecule has 0 aliphatic heterocycles. The predicted molar refractivity (Wildman–Crippen MR) is 47.1 cm³/mol. The number of aromatic nitrogens is 1. The van der Waals surface area contributed by atoms with Crippen molar-refractivity contribution in [1.29, 1.82) is 0 Å². The second-order valence-electron chi connectivity index (χ2n) is 2.68. The highest BCUT2D eigenvalue weighted by molar-refractivity contribution is 6.29. The molecule has 1 N–H and O–H groups in total. The predicted octanol–water partition coefficient (Wildman–Crippen LogP) is 2.56. The molecule has 0 radical (unpaired) electrons. The molecule has 1 rings (SSSR count). The first-order chi connectivity index (χ1) is 6.45. The van der Waals surface area contributed by atoms with Gasteiger partial charge < -0.3 is 5.32 Å². The van der Waals surface area contributed by atoms with Crippen LogP contribution in [0.5, 0.6) is 0 Å². The molecule has 1 aromatic heterocycles. The highest BCUT2D eigenvalue weighted by Gasteiger charge is 2.39. The average molecular weight is 225 g/mol. The molecule has 6 heteroatoms. The Labute approximate surface area is 84.1 Å². The molecule has 1 atom stereocenters. The smallest absolute Gasteiger partial charge is 0.306 e. The molecule has 0 fully saturated rings. The molecule has 0 bridgehead atoms. The lowest BCUT2D eigenvalue weighted by molar-refractivity contribution is -0.156. The van der Waals surface area contributed by atoms with E-state index in [1.54, 1.807) is 0 Å². The summed E-state index contributed by atoms with van der Waals surface area (Å²) < 4.78 is 37.2. The van der Waals surface area contributed by atoms with Crippen LogP contribution in [0.2, 0.25) is 5.15 Å². The molecule has 0 spiro atoms. The van der Waals surface area contributed by atoms with Crippen LogP contribution in [-0.4, -0.2) is 18.2 Å². The van der Waals surface area contributed by atoms with Crippen LogP contribution >= 0.6 is 11.6 Å². The lowest BCUT2D eigenvalue weighted by Gasteiger charge is -2.19. The second-order valence-corrected chi connectivity index (χ2v) is 3.06. The molecule has 1 heterocycles. The van der Waals surface area contributed by atoms with Crippen molar-refractivity contribution in [3.63, 3.8) is 0 Å². The zero-order valence-electron chi connectivity index (χ0n) is 7.27. The number of hydrogen-bond acceptors (Lipinski definition) is 2. The van der Waals surface area contributed by atoms with Gasteiger partial charge in [0.15, 0.2) is 0 Å². The minimum absolute atomic E-state index is 0.0481. The van der Waals surface area contributed by atoms with Crippen molar-refractivity contribution < 1.29 is 13.2 Å². The molecule has 0 aliphatic rings. The number of alkyl halides is 3. The fourth-order valence-electron chi connectivity index (χ4n) is 1.12. The highest BCUT2D eigenvalue weighted by atomic mass is 35.5. The molecule has 0 amide bonds. The maximum absolute atomic E-state index is 12.4. The Kier molecular flexibility index (Phi) is 3.34. The maximum Gasteiger partial charge on any atom is 0.407 e. The van der Waals surface area contributed by atoms with Crippen LogP contribution < -0.4 is 5.32 Å². The topological polar surface area (TPSA) is 24.9 Å². The zero-order valence-corrected chi connectivity index (χ0v) is 8.02. The van der Waals surface area contributed by atoms with Crippen molar-refractivity contribution in [2.75, 3.05) is 7.05 Å². The van der Waals surface area contributed by atoms with E-state index in [1.165, 1.54) is 25.4 Å². The number of nitrogens with one attached hydrogen (secondary N) is 1. The maximum atomic E-state index is 12.4. The van der Waals surface area contributed by atoms with Crippen molar-refractivity contribution in [2.45, 2.75) is 12.2 Å². The van der Waals surface area contributed by atoms with Gasteiger partial charge in [-0.3, -0.25) is 0 Å². The summed E-state index contributed by atoms with van der Waals surface area (Å²) in [4.78, 5) is 3.61. The van der Waals surface area contributed by atoms with E-state index in [4.69, 9.17) is 11.6 Å². The van der Waals surface area contributed by atoms with Gasteiger partial charge in [0.1, 0.15) is 11.2 Å². The van der Waals surface area contributed by atoms with E-state index in [9.17, 15) is 13.2 Å². The first-order valence-corrected chi connectivity index (χ1v) is 4.18. The fraction of sp³-hybridized carbons (Fsp3) is 0.375. The molecule has 1 aromatic rings. The molecule has 0 aromatic carbocycles. The number of halogens is 4. The molecular formula is C8H8ClF3N2. The average Bonchev–Trinajstić information content (AvgIpc) is 2.02. The Morgan fingerprint density at radius 1 is 1.50 bits per heavy atom. The molecule has 2 nitrogen and oxygen atoms in total. The summed E-state index contributed by atoms with van der Waals surface area (Å²) in [6.45, 7) is 0. The van der Waals surface area contributed by atoms with Crippen LogP contribution in [0.4, 0.5) is 13.2 Å². The normalized spacial score (nSPS) is 14.1. The van der Waals surface area contributed by atoms with Crippen LogP contribution in [0, 0.1) is 0 Å². The van der Waals surface area contributed by atoms with Gasteiger partial charge in [0.25, 0.3) is 0 Å². The van der Waals surface area contributed by atoms with E-state index in [0.717, 1.165) is 0 Å². The largest absolute Gasteiger partial charge is 0.407 e. The van der Waals surface area contributed by atoms with Crippen molar-refractivity contribution in [3.8, 4) is 0 Å². The van der Waals surface area contributed by atoms with Gasteiger partial charge in [-0.25, -0.2) is 4.98 Å². The molecule has 14 heavy (non-hydrogen) atoms. The third-order valence-corrected chi connectivity index (χ3v) is 1.91. The first-order valence-electron chi connectivity index (χ1n) is 3.80. The van der Waals surface area contributed by atoms with Crippen LogP contribution in [0.15, 0.2) is 18.3 Å². The number of pyridine rings is 1. The Morgan fingerprint density at radius 3 is 2.57 bits per heavy atom. The van der Waals surface area contributed by atoms with Gasteiger partial charge in [0.2, 0.25) is 0 Å². The van der Waals surface area contributed by atoms with Crippen molar-refractivity contribution in [2.24, 2.45) is 0 Å². The highest BCUT2D eigenvalue weighted by Crippen LogP contribution is 2.32. The van der Waals surface area contributed by atoms with Gasteiger partial charge in [0.05, 0.1) is 0 Å². The summed E-state index contributed by atoms with van der Waals surface area (Å²) in [6.07, 6.45) is -3.09. The van der Waals surface area contributed by atoms with E-state index in [2.05, 4.69) is 10.3 Å². The summed E-state index contributed by atoms with van der Waals surface area (Å²) in [5.41, 5.74) is 0.0556. The van der Waals surface area contributed by atoms with Gasteiger partial charge in [0, 0.05) is 6.20 Å². The SMILES string of the molecule is CNC(c1ccnc(Cl)c1)C(F)(F)F.